The summed E-state index contributed by atoms with van der Waals surface area (Å²) in [6.07, 6.45) is 2.26. The zero-order chi connectivity index (χ0) is 12.6. The summed E-state index contributed by atoms with van der Waals surface area (Å²) in [5.41, 5.74) is 2.66. The zero-order valence-corrected chi connectivity index (χ0v) is 10.2. The van der Waals surface area contributed by atoms with Gasteiger partial charge in [-0.2, -0.15) is 0 Å². The molecule has 2 N–H and O–H groups in total. The topological polar surface area (TPSA) is 57.5 Å². The first-order valence-corrected chi connectivity index (χ1v) is 6.01. The number of phenols is 1. The molecule has 0 aliphatic heterocycles. The Kier molecular flexibility index (Phi) is 3.09. The van der Waals surface area contributed by atoms with Crippen molar-refractivity contribution in [2.45, 2.75) is 39.0 Å². The molecule has 1 aromatic carbocycles. The van der Waals surface area contributed by atoms with Gasteiger partial charge in [-0.3, -0.25) is 4.79 Å². The van der Waals surface area contributed by atoms with Crippen molar-refractivity contribution in [3.63, 3.8) is 0 Å². The number of carboxylic acid groups (broad SMARTS) is 1. The maximum atomic E-state index is 10.9. The van der Waals surface area contributed by atoms with Gasteiger partial charge in [0.15, 0.2) is 0 Å². The number of hydrogen-bond donors (Lipinski definition) is 2. The second-order valence-electron chi connectivity index (χ2n) is 5.00. The highest BCUT2D eigenvalue weighted by atomic mass is 16.4. The highest BCUT2D eigenvalue weighted by molar-refractivity contribution is 5.69. The van der Waals surface area contributed by atoms with Gasteiger partial charge in [0.05, 0.1) is 6.42 Å². The monoisotopic (exact) mass is 234 g/mol. The van der Waals surface area contributed by atoms with Crippen LogP contribution in [0.2, 0.25) is 0 Å². The maximum Gasteiger partial charge on any atom is 0.303 e. The summed E-state index contributed by atoms with van der Waals surface area (Å²) < 4.78 is 0. The largest absolute Gasteiger partial charge is 0.507 e. The van der Waals surface area contributed by atoms with Gasteiger partial charge in [-0.05, 0) is 43.7 Å². The van der Waals surface area contributed by atoms with Gasteiger partial charge in [0.25, 0.3) is 0 Å². The Balaban J connectivity index is 2.41. The van der Waals surface area contributed by atoms with Crippen LogP contribution < -0.4 is 0 Å². The maximum absolute atomic E-state index is 10.9. The van der Waals surface area contributed by atoms with Crippen LogP contribution in [0, 0.1) is 19.8 Å². The summed E-state index contributed by atoms with van der Waals surface area (Å²) in [6, 6.07) is 3.83. The molecule has 0 heterocycles. The summed E-state index contributed by atoms with van der Waals surface area (Å²) in [4.78, 5) is 10.9. The van der Waals surface area contributed by atoms with Crippen molar-refractivity contribution in [1.82, 2.24) is 0 Å². The summed E-state index contributed by atoms with van der Waals surface area (Å²) in [6.45, 7) is 3.79. The second-order valence-corrected chi connectivity index (χ2v) is 5.00. The Bertz CT molecular complexity index is 447. The first-order chi connectivity index (χ1) is 8.00. The van der Waals surface area contributed by atoms with E-state index in [4.69, 9.17) is 5.11 Å². The van der Waals surface area contributed by atoms with Crippen molar-refractivity contribution in [2.24, 2.45) is 5.92 Å². The van der Waals surface area contributed by atoms with Crippen LogP contribution in [0.25, 0.3) is 0 Å². The Labute approximate surface area is 101 Å². The van der Waals surface area contributed by atoms with Gasteiger partial charge in [0.1, 0.15) is 5.75 Å². The highest BCUT2D eigenvalue weighted by Crippen LogP contribution is 2.48. The molecule has 0 bridgehead atoms. The van der Waals surface area contributed by atoms with E-state index in [2.05, 4.69) is 0 Å². The smallest absolute Gasteiger partial charge is 0.303 e. The molecule has 0 spiro atoms. The molecular formula is C14H18O3. The molecule has 1 atom stereocenters. The van der Waals surface area contributed by atoms with Gasteiger partial charge in [-0.1, -0.05) is 12.1 Å². The molecule has 3 heteroatoms. The van der Waals surface area contributed by atoms with Crippen molar-refractivity contribution in [2.75, 3.05) is 0 Å². The van der Waals surface area contributed by atoms with Crippen LogP contribution in [0.3, 0.4) is 0 Å². The number of hydrogen-bond acceptors (Lipinski definition) is 2. The molecule has 1 aliphatic rings. The molecule has 0 radical (unpaired) electrons. The molecule has 2 rings (SSSR count). The molecule has 0 saturated heterocycles. The van der Waals surface area contributed by atoms with E-state index < -0.39 is 5.97 Å². The Morgan fingerprint density at radius 2 is 1.94 bits per heavy atom. The first kappa shape index (κ1) is 12.0. The minimum Gasteiger partial charge on any atom is -0.507 e. The van der Waals surface area contributed by atoms with Gasteiger partial charge in [-0.25, -0.2) is 0 Å². The summed E-state index contributed by atoms with van der Waals surface area (Å²) >= 11 is 0. The third-order valence-corrected chi connectivity index (χ3v) is 3.59. The molecule has 1 aliphatic carbocycles. The number of rotatable bonds is 4. The summed E-state index contributed by atoms with van der Waals surface area (Å²) in [5, 5.41) is 19.1. The number of aromatic hydroxyl groups is 1. The Morgan fingerprint density at radius 3 is 2.47 bits per heavy atom. The molecule has 1 aromatic rings. The van der Waals surface area contributed by atoms with Gasteiger partial charge < -0.3 is 10.2 Å². The van der Waals surface area contributed by atoms with E-state index in [1.807, 2.05) is 26.0 Å². The average Bonchev–Trinajstić information content (AvgIpc) is 3.06. The quantitative estimate of drug-likeness (QED) is 0.842. The number of carbonyl (C=O) groups is 1. The second kappa shape index (κ2) is 4.40. The molecule has 1 unspecified atom stereocenters. The molecule has 0 amide bonds. The van der Waals surface area contributed by atoms with E-state index in [1.54, 1.807) is 0 Å². The van der Waals surface area contributed by atoms with E-state index >= 15 is 0 Å². The van der Waals surface area contributed by atoms with Crippen LogP contribution in [-0.4, -0.2) is 16.2 Å². The van der Waals surface area contributed by atoms with Crippen molar-refractivity contribution in [3.05, 3.63) is 28.8 Å². The van der Waals surface area contributed by atoms with Gasteiger partial charge in [-0.15, -0.1) is 0 Å². The lowest BCUT2D eigenvalue weighted by atomic mass is 9.86. The molecule has 0 aromatic heterocycles. The number of phenolic OH excluding ortho intramolecular Hbond substituents is 1. The molecule has 92 valence electrons. The van der Waals surface area contributed by atoms with Crippen LogP contribution in [0.15, 0.2) is 12.1 Å². The lowest BCUT2D eigenvalue weighted by molar-refractivity contribution is -0.137. The van der Waals surface area contributed by atoms with Crippen LogP contribution in [-0.2, 0) is 4.79 Å². The van der Waals surface area contributed by atoms with E-state index in [-0.39, 0.29) is 18.1 Å². The van der Waals surface area contributed by atoms with Crippen molar-refractivity contribution in [3.8, 4) is 5.75 Å². The molecule has 1 fully saturated rings. The highest BCUT2D eigenvalue weighted by Gasteiger charge is 2.36. The third-order valence-electron chi connectivity index (χ3n) is 3.59. The summed E-state index contributed by atoms with van der Waals surface area (Å²) in [5.74, 6) is -0.116. The fraction of sp³-hybridized carbons (Fsp3) is 0.500. The van der Waals surface area contributed by atoms with E-state index in [1.165, 1.54) is 0 Å². The van der Waals surface area contributed by atoms with Crippen molar-refractivity contribution in [1.29, 1.82) is 0 Å². The van der Waals surface area contributed by atoms with Crippen LogP contribution in [0.4, 0.5) is 0 Å². The lowest BCUT2D eigenvalue weighted by Crippen LogP contribution is -2.10. The molecule has 17 heavy (non-hydrogen) atoms. The van der Waals surface area contributed by atoms with E-state index in [0.29, 0.717) is 5.92 Å². The fourth-order valence-corrected chi connectivity index (χ4v) is 2.48. The molecular weight excluding hydrogens is 216 g/mol. The first-order valence-electron chi connectivity index (χ1n) is 6.01. The normalized spacial score (nSPS) is 16.8. The number of aliphatic carboxylic acids is 1. The third kappa shape index (κ3) is 2.43. The number of aryl methyl sites for hydroxylation is 2. The predicted octanol–water partition coefficient (Wildman–Crippen LogP) is 2.98. The number of carboxylic acids is 1. The molecule has 3 nitrogen and oxygen atoms in total. The zero-order valence-electron chi connectivity index (χ0n) is 10.2. The fourth-order valence-electron chi connectivity index (χ4n) is 2.48. The average molecular weight is 234 g/mol. The van der Waals surface area contributed by atoms with Gasteiger partial charge >= 0.3 is 5.97 Å². The summed E-state index contributed by atoms with van der Waals surface area (Å²) in [7, 11) is 0. The lowest BCUT2D eigenvalue weighted by Gasteiger charge is -2.19. The van der Waals surface area contributed by atoms with Crippen LogP contribution in [0.1, 0.15) is 41.9 Å². The Hall–Kier alpha value is -1.51. The minimum atomic E-state index is -0.790. The SMILES string of the molecule is Cc1ccc(C)c(C(CC(=O)O)C2CC2)c1O. The van der Waals surface area contributed by atoms with Gasteiger partial charge in [0, 0.05) is 11.5 Å². The van der Waals surface area contributed by atoms with Crippen LogP contribution in [0.5, 0.6) is 5.75 Å². The Morgan fingerprint density at radius 1 is 1.35 bits per heavy atom. The predicted molar refractivity (Wildman–Crippen MR) is 65.3 cm³/mol. The minimum absolute atomic E-state index is 0.0348. The standard InChI is InChI=1S/C14H18O3/c1-8-3-4-9(2)14(17)13(8)11(7-12(15)16)10-5-6-10/h3-4,10-11,17H,5-7H2,1-2H3,(H,15,16). The van der Waals surface area contributed by atoms with Crippen molar-refractivity contribution < 1.29 is 15.0 Å². The van der Waals surface area contributed by atoms with E-state index in [0.717, 1.165) is 29.5 Å². The van der Waals surface area contributed by atoms with Crippen LogP contribution >= 0.6 is 0 Å². The van der Waals surface area contributed by atoms with Gasteiger partial charge in [0.2, 0.25) is 0 Å². The van der Waals surface area contributed by atoms with Crippen molar-refractivity contribution >= 4 is 5.97 Å². The number of benzene rings is 1. The van der Waals surface area contributed by atoms with E-state index in [9.17, 15) is 9.90 Å². The molecule has 1 saturated carbocycles.